The van der Waals surface area contributed by atoms with Gasteiger partial charge in [0.05, 0.1) is 6.54 Å². The number of aryl methyl sites for hydroxylation is 2. The molecule has 0 heterocycles. The van der Waals surface area contributed by atoms with E-state index < -0.39 is 0 Å². The number of carbonyl (C=O) groups excluding carboxylic acids is 2. The summed E-state index contributed by atoms with van der Waals surface area (Å²) in [6.07, 6.45) is 0. The van der Waals surface area contributed by atoms with Crippen molar-refractivity contribution < 1.29 is 9.59 Å². The van der Waals surface area contributed by atoms with E-state index in [0.29, 0.717) is 18.7 Å². The Balaban J connectivity index is 2.79. The highest BCUT2D eigenvalue weighted by atomic mass is 16.2. The third-order valence-electron chi connectivity index (χ3n) is 3.30. The molecule has 0 aromatic heterocycles. The third-order valence-corrected chi connectivity index (χ3v) is 3.30. The summed E-state index contributed by atoms with van der Waals surface area (Å²) in [5.41, 5.74) is 2.74. The summed E-state index contributed by atoms with van der Waals surface area (Å²) in [7, 11) is 1.67. The smallest absolute Gasteiger partial charge is 0.254 e. The molecule has 0 aliphatic rings. The summed E-state index contributed by atoms with van der Waals surface area (Å²) in [5, 5.41) is 0. The number of benzene rings is 1. The molecule has 20 heavy (non-hydrogen) atoms. The quantitative estimate of drug-likeness (QED) is 0.827. The van der Waals surface area contributed by atoms with E-state index in [1.165, 1.54) is 4.90 Å². The van der Waals surface area contributed by atoms with Gasteiger partial charge in [-0.3, -0.25) is 9.59 Å². The number of rotatable bonds is 5. The Morgan fingerprint density at radius 1 is 1.00 bits per heavy atom. The molecule has 1 aromatic carbocycles. The largest absolute Gasteiger partial charge is 0.342 e. The van der Waals surface area contributed by atoms with E-state index in [2.05, 4.69) is 0 Å². The zero-order valence-electron chi connectivity index (χ0n) is 13.1. The van der Waals surface area contributed by atoms with E-state index in [1.807, 2.05) is 45.9 Å². The molecule has 0 spiro atoms. The zero-order valence-corrected chi connectivity index (χ0v) is 13.1. The average Bonchev–Trinajstić information content (AvgIpc) is 2.37. The van der Waals surface area contributed by atoms with Crippen LogP contribution in [0.15, 0.2) is 18.2 Å². The maximum absolute atomic E-state index is 12.3. The van der Waals surface area contributed by atoms with E-state index in [1.54, 1.807) is 11.9 Å². The van der Waals surface area contributed by atoms with E-state index in [4.69, 9.17) is 0 Å². The van der Waals surface area contributed by atoms with Gasteiger partial charge < -0.3 is 9.80 Å². The summed E-state index contributed by atoms with van der Waals surface area (Å²) in [6, 6.07) is 5.74. The fraction of sp³-hybridized carbons (Fsp3) is 0.500. The van der Waals surface area contributed by atoms with Gasteiger partial charge in [0.25, 0.3) is 5.91 Å². The van der Waals surface area contributed by atoms with E-state index in [0.717, 1.165) is 11.1 Å². The minimum absolute atomic E-state index is 0.0183. The SMILES string of the molecule is CCN(CC)C(=O)CN(C)C(=O)c1cc(C)cc(C)c1. The highest BCUT2D eigenvalue weighted by Crippen LogP contribution is 2.11. The lowest BCUT2D eigenvalue weighted by atomic mass is 10.1. The monoisotopic (exact) mass is 276 g/mol. The van der Waals surface area contributed by atoms with Crippen molar-refractivity contribution in [3.63, 3.8) is 0 Å². The van der Waals surface area contributed by atoms with Crippen LogP contribution in [0, 0.1) is 13.8 Å². The summed E-state index contributed by atoms with van der Waals surface area (Å²) >= 11 is 0. The molecule has 4 nitrogen and oxygen atoms in total. The number of likely N-dealkylation sites (N-methyl/N-ethyl adjacent to an activating group) is 2. The molecule has 1 rings (SSSR count). The Morgan fingerprint density at radius 2 is 1.50 bits per heavy atom. The van der Waals surface area contributed by atoms with Gasteiger partial charge in [0.1, 0.15) is 0 Å². The molecule has 0 radical (unpaired) electrons. The Kier molecular flexibility index (Phi) is 5.74. The summed E-state index contributed by atoms with van der Waals surface area (Å²) in [6.45, 7) is 9.26. The van der Waals surface area contributed by atoms with Crippen LogP contribution in [0.1, 0.15) is 35.3 Å². The molecule has 0 unspecified atom stereocenters. The molecular weight excluding hydrogens is 252 g/mol. The first-order valence-corrected chi connectivity index (χ1v) is 7.00. The molecule has 0 aliphatic carbocycles. The predicted molar refractivity (Wildman–Crippen MR) is 80.8 cm³/mol. The number of amides is 2. The molecule has 0 aliphatic heterocycles. The van der Waals surface area contributed by atoms with Crippen molar-refractivity contribution in [3.05, 3.63) is 34.9 Å². The van der Waals surface area contributed by atoms with Gasteiger partial charge in [0, 0.05) is 25.7 Å². The van der Waals surface area contributed by atoms with Crippen molar-refractivity contribution in [2.75, 3.05) is 26.7 Å². The Bertz CT molecular complexity index is 473. The lowest BCUT2D eigenvalue weighted by Crippen LogP contribution is -2.41. The minimum Gasteiger partial charge on any atom is -0.342 e. The van der Waals surface area contributed by atoms with Gasteiger partial charge >= 0.3 is 0 Å². The van der Waals surface area contributed by atoms with Crippen LogP contribution in [0.5, 0.6) is 0 Å². The molecule has 4 heteroatoms. The minimum atomic E-state index is -0.114. The molecule has 2 amide bonds. The lowest BCUT2D eigenvalue weighted by Gasteiger charge is -2.23. The van der Waals surface area contributed by atoms with Crippen LogP contribution in [-0.2, 0) is 4.79 Å². The predicted octanol–water partition coefficient (Wildman–Crippen LogP) is 2.24. The van der Waals surface area contributed by atoms with Crippen molar-refractivity contribution in [1.82, 2.24) is 9.80 Å². The van der Waals surface area contributed by atoms with E-state index in [9.17, 15) is 9.59 Å². The van der Waals surface area contributed by atoms with Crippen molar-refractivity contribution in [2.24, 2.45) is 0 Å². The fourth-order valence-electron chi connectivity index (χ4n) is 2.27. The maximum Gasteiger partial charge on any atom is 0.254 e. The topological polar surface area (TPSA) is 40.6 Å². The van der Waals surface area contributed by atoms with Crippen molar-refractivity contribution in [1.29, 1.82) is 0 Å². The summed E-state index contributed by atoms with van der Waals surface area (Å²) in [5.74, 6) is -0.132. The molecular formula is C16H24N2O2. The Labute approximate surface area is 121 Å². The first-order valence-electron chi connectivity index (χ1n) is 7.00. The molecule has 0 bridgehead atoms. The first-order chi connectivity index (χ1) is 9.38. The Hall–Kier alpha value is -1.84. The van der Waals surface area contributed by atoms with Gasteiger partial charge in [0.15, 0.2) is 0 Å². The number of carbonyl (C=O) groups is 2. The third kappa shape index (κ3) is 4.08. The standard InChI is InChI=1S/C16H24N2O2/c1-6-18(7-2)15(19)11-17(5)16(20)14-9-12(3)8-13(4)10-14/h8-10H,6-7,11H2,1-5H3. The highest BCUT2D eigenvalue weighted by molar-refractivity contribution is 5.96. The second-order valence-electron chi connectivity index (χ2n) is 5.10. The van der Waals surface area contributed by atoms with E-state index >= 15 is 0 Å². The van der Waals surface area contributed by atoms with Gasteiger partial charge in [-0.2, -0.15) is 0 Å². The van der Waals surface area contributed by atoms with Crippen LogP contribution in [0.4, 0.5) is 0 Å². The van der Waals surface area contributed by atoms with Crippen molar-refractivity contribution in [2.45, 2.75) is 27.7 Å². The number of nitrogens with zero attached hydrogens (tertiary/aromatic N) is 2. The summed E-state index contributed by atoms with van der Waals surface area (Å²) in [4.78, 5) is 27.6. The average molecular weight is 276 g/mol. The van der Waals surface area contributed by atoms with Gasteiger partial charge in [-0.1, -0.05) is 17.2 Å². The second-order valence-corrected chi connectivity index (χ2v) is 5.10. The van der Waals surface area contributed by atoms with Crippen LogP contribution in [0.3, 0.4) is 0 Å². The molecule has 0 atom stereocenters. The van der Waals surface area contributed by atoms with Crippen molar-refractivity contribution >= 4 is 11.8 Å². The van der Waals surface area contributed by atoms with E-state index in [-0.39, 0.29) is 18.4 Å². The van der Waals surface area contributed by atoms with Crippen molar-refractivity contribution in [3.8, 4) is 0 Å². The van der Waals surface area contributed by atoms with Crippen LogP contribution < -0.4 is 0 Å². The zero-order chi connectivity index (χ0) is 15.3. The van der Waals surface area contributed by atoms with Crippen LogP contribution >= 0.6 is 0 Å². The molecule has 0 saturated heterocycles. The van der Waals surface area contributed by atoms with Gasteiger partial charge in [0.2, 0.25) is 5.91 Å². The molecule has 0 N–H and O–H groups in total. The van der Waals surface area contributed by atoms with Crippen LogP contribution in [0.25, 0.3) is 0 Å². The summed E-state index contributed by atoms with van der Waals surface area (Å²) < 4.78 is 0. The number of hydrogen-bond acceptors (Lipinski definition) is 2. The van der Waals surface area contributed by atoms with Crippen LogP contribution in [-0.4, -0.2) is 48.3 Å². The molecule has 0 fully saturated rings. The maximum atomic E-state index is 12.3. The van der Waals surface area contributed by atoms with Gasteiger partial charge in [-0.15, -0.1) is 0 Å². The van der Waals surface area contributed by atoms with Gasteiger partial charge in [-0.25, -0.2) is 0 Å². The fourth-order valence-corrected chi connectivity index (χ4v) is 2.27. The van der Waals surface area contributed by atoms with Crippen LogP contribution in [0.2, 0.25) is 0 Å². The highest BCUT2D eigenvalue weighted by Gasteiger charge is 2.18. The molecule has 110 valence electrons. The van der Waals surface area contributed by atoms with Gasteiger partial charge in [-0.05, 0) is 39.8 Å². The first kappa shape index (κ1) is 16.2. The second kappa shape index (κ2) is 7.08. The number of hydrogen-bond donors (Lipinski definition) is 0. The Morgan fingerprint density at radius 3 is 1.95 bits per heavy atom. The molecule has 0 saturated carbocycles. The normalized spacial score (nSPS) is 10.2. The molecule has 1 aromatic rings. The lowest BCUT2D eigenvalue weighted by molar-refractivity contribution is -0.131.